The maximum atomic E-state index is 14.4. The van der Waals surface area contributed by atoms with Crippen LogP contribution in [0.1, 0.15) is 100 Å². The molecule has 14 heteroatoms. The Morgan fingerprint density at radius 3 is 2.16 bits per heavy atom. The Bertz CT molecular complexity index is 1450. The molecule has 5 amide bonds. The fourth-order valence-electron chi connectivity index (χ4n) is 7.42. The number of sulfone groups is 1. The Hall–Kier alpha value is -3.18. The van der Waals surface area contributed by atoms with Gasteiger partial charge in [-0.25, -0.2) is 13.2 Å². The van der Waals surface area contributed by atoms with E-state index in [4.69, 9.17) is 11.2 Å². The number of methoxy groups -OCH3 is 1. The second-order valence-electron chi connectivity index (χ2n) is 16.9. The quantitative estimate of drug-likeness (QED) is 0.120. The summed E-state index contributed by atoms with van der Waals surface area (Å²) >= 11 is 0. The third-order valence-electron chi connectivity index (χ3n) is 10.8. The SMILES string of the molecule is C#CCCC(NC(=O)[C@@H]1C2C(CN1C(=O)[C@@H](NC(=O)NC1(CS(=O)(=O)C(C)(C)C)CCCCC1)C(C)(C)C)C2(C)C)C(=O)C(=O)NCCOC. The van der Waals surface area contributed by atoms with Crippen molar-refractivity contribution >= 4 is 39.4 Å². The molecule has 1 saturated heterocycles. The maximum absolute atomic E-state index is 14.4. The number of Topliss-reactive ketones (excluding diaryl/α,β-unsaturated/α-hetero) is 1. The van der Waals surface area contributed by atoms with E-state index in [1.165, 1.54) is 12.0 Å². The summed E-state index contributed by atoms with van der Waals surface area (Å²) in [4.78, 5) is 69.4. The number of hydrogen-bond donors (Lipinski definition) is 4. The van der Waals surface area contributed by atoms with Crippen LogP contribution in [-0.2, 0) is 33.8 Å². The highest BCUT2D eigenvalue weighted by Crippen LogP contribution is 2.65. The minimum absolute atomic E-state index is 0.0157. The van der Waals surface area contributed by atoms with Crippen LogP contribution in [0.2, 0.25) is 0 Å². The molecule has 1 heterocycles. The number of nitrogens with zero attached hydrogens (tertiary/aromatic N) is 1. The van der Waals surface area contributed by atoms with E-state index in [2.05, 4.69) is 27.2 Å². The van der Waals surface area contributed by atoms with Gasteiger partial charge in [-0.3, -0.25) is 19.2 Å². The molecule has 2 saturated carbocycles. The first-order valence-corrected chi connectivity index (χ1v) is 19.3. The van der Waals surface area contributed by atoms with Crippen molar-refractivity contribution in [3.63, 3.8) is 0 Å². The van der Waals surface area contributed by atoms with E-state index < -0.39 is 73.2 Å². The number of terminal acetylenes is 1. The Morgan fingerprint density at radius 2 is 1.62 bits per heavy atom. The van der Waals surface area contributed by atoms with Gasteiger partial charge in [0.2, 0.25) is 17.6 Å². The van der Waals surface area contributed by atoms with Crippen LogP contribution in [0.15, 0.2) is 0 Å². The number of hydrogen-bond acceptors (Lipinski definition) is 8. The molecule has 0 spiro atoms. The second kappa shape index (κ2) is 15.6. The fraction of sp³-hybridized carbons (Fsp3) is 0.806. The second-order valence-corrected chi connectivity index (χ2v) is 19.7. The van der Waals surface area contributed by atoms with Crippen LogP contribution in [0.4, 0.5) is 4.79 Å². The van der Waals surface area contributed by atoms with E-state index in [0.29, 0.717) is 12.8 Å². The predicted octanol–water partition coefficient (Wildman–Crippen LogP) is 2.33. The molecule has 0 aromatic rings. The maximum Gasteiger partial charge on any atom is 0.315 e. The lowest BCUT2D eigenvalue weighted by Gasteiger charge is -2.41. The number of fused-ring (bicyclic) bond motifs is 1. The Kier molecular flexibility index (Phi) is 12.9. The largest absolute Gasteiger partial charge is 0.383 e. The van der Waals surface area contributed by atoms with E-state index in [-0.39, 0.29) is 55.5 Å². The molecule has 282 valence electrons. The molecule has 2 aliphatic carbocycles. The van der Waals surface area contributed by atoms with Gasteiger partial charge in [-0.15, -0.1) is 12.3 Å². The zero-order valence-corrected chi connectivity index (χ0v) is 32.2. The van der Waals surface area contributed by atoms with E-state index in [9.17, 15) is 32.4 Å². The molecule has 3 rings (SSSR count). The van der Waals surface area contributed by atoms with Gasteiger partial charge in [-0.1, -0.05) is 53.9 Å². The molecule has 1 aliphatic heterocycles. The molecule has 4 N–H and O–H groups in total. The fourth-order valence-corrected chi connectivity index (χ4v) is 8.94. The highest BCUT2D eigenvalue weighted by molar-refractivity contribution is 7.92. The summed E-state index contributed by atoms with van der Waals surface area (Å²) in [5, 5.41) is 11.1. The topological polar surface area (TPSA) is 180 Å². The van der Waals surface area contributed by atoms with Gasteiger partial charge in [-0.05, 0) is 62.7 Å². The Labute approximate surface area is 298 Å². The van der Waals surface area contributed by atoms with Crippen LogP contribution in [0.5, 0.6) is 0 Å². The number of piperidine rings is 1. The molecule has 0 bridgehead atoms. The van der Waals surface area contributed by atoms with E-state index >= 15 is 0 Å². The molecular weight excluding hydrogens is 662 g/mol. The molecule has 50 heavy (non-hydrogen) atoms. The zero-order chi connectivity index (χ0) is 37.9. The number of likely N-dealkylation sites (tertiary alicyclic amines) is 1. The van der Waals surface area contributed by atoms with Crippen LogP contribution < -0.4 is 21.3 Å². The number of rotatable bonds is 14. The number of nitrogens with one attached hydrogen (secondary N) is 4. The lowest BCUT2D eigenvalue weighted by atomic mass is 9.83. The van der Waals surface area contributed by atoms with Crippen LogP contribution in [0.25, 0.3) is 0 Å². The number of carbonyl (C=O) groups excluding carboxylic acids is 5. The Balaban J connectivity index is 1.85. The molecule has 13 nitrogen and oxygen atoms in total. The van der Waals surface area contributed by atoms with Crippen molar-refractivity contribution in [2.45, 2.75) is 129 Å². The van der Waals surface area contributed by atoms with E-state index in [1.54, 1.807) is 20.8 Å². The summed E-state index contributed by atoms with van der Waals surface area (Å²) in [6, 6.07) is -3.85. The van der Waals surface area contributed by atoms with Crippen molar-refractivity contribution in [3.8, 4) is 12.3 Å². The first-order chi connectivity index (χ1) is 23.0. The van der Waals surface area contributed by atoms with Crippen molar-refractivity contribution in [1.29, 1.82) is 0 Å². The van der Waals surface area contributed by atoms with Crippen molar-refractivity contribution in [2.24, 2.45) is 22.7 Å². The van der Waals surface area contributed by atoms with Crippen molar-refractivity contribution in [2.75, 3.05) is 32.6 Å². The van der Waals surface area contributed by atoms with Crippen molar-refractivity contribution in [3.05, 3.63) is 0 Å². The van der Waals surface area contributed by atoms with Gasteiger partial charge in [0.1, 0.15) is 12.1 Å². The lowest BCUT2D eigenvalue weighted by Crippen LogP contribution is -2.64. The van der Waals surface area contributed by atoms with Gasteiger partial charge in [0.05, 0.1) is 28.7 Å². The molecule has 3 unspecified atom stereocenters. The third kappa shape index (κ3) is 9.37. The van der Waals surface area contributed by atoms with Crippen LogP contribution in [-0.4, -0.2) is 104 Å². The molecule has 0 radical (unpaired) electrons. The summed E-state index contributed by atoms with van der Waals surface area (Å²) in [6.07, 6.45) is 9.10. The number of ketones is 1. The predicted molar refractivity (Wildman–Crippen MR) is 190 cm³/mol. The number of carbonyl (C=O) groups is 5. The van der Waals surface area contributed by atoms with Gasteiger partial charge in [0, 0.05) is 26.6 Å². The normalized spacial score (nSPS) is 23.8. The van der Waals surface area contributed by atoms with Crippen LogP contribution >= 0.6 is 0 Å². The smallest absolute Gasteiger partial charge is 0.315 e. The first-order valence-electron chi connectivity index (χ1n) is 17.7. The summed E-state index contributed by atoms with van der Waals surface area (Å²) in [5.74, 6) is -0.689. The van der Waals surface area contributed by atoms with Crippen LogP contribution in [0, 0.1) is 35.0 Å². The summed E-state index contributed by atoms with van der Waals surface area (Å²) in [7, 11) is -2.11. The van der Waals surface area contributed by atoms with Crippen molar-refractivity contribution < 1.29 is 37.1 Å². The highest BCUT2D eigenvalue weighted by atomic mass is 32.2. The standard InChI is InChI=1S/C36H59N5O8S/c1-11-12-16-24(27(42)30(44)37-19-20-49-10)38-29(43)26-25-23(35(25,8)9)21-41(26)31(45)28(33(2,3)4)39-32(46)40-36(17-14-13-15-18-36)22-50(47,48)34(5,6)7/h1,23-26,28H,12-22H2,2-10H3,(H,37,44)(H,38,43)(H2,39,40,46)/t23?,24?,25?,26-,28+/m0/s1. The minimum atomic E-state index is -3.58. The monoisotopic (exact) mass is 721 g/mol. The van der Waals surface area contributed by atoms with Crippen molar-refractivity contribution in [1.82, 2.24) is 26.2 Å². The molecule has 0 aromatic heterocycles. The summed E-state index contributed by atoms with van der Waals surface area (Å²) < 4.78 is 30.5. The Morgan fingerprint density at radius 1 is 1.00 bits per heavy atom. The molecular formula is C36H59N5O8S. The van der Waals surface area contributed by atoms with Gasteiger partial charge >= 0.3 is 6.03 Å². The molecule has 0 aromatic carbocycles. The average molecular weight is 722 g/mol. The zero-order valence-electron chi connectivity index (χ0n) is 31.4. The van der Waals surface area contributed by atoms with Gasteiger partial charge in [-0.2, -0.15) is 0 Å². The van der Waals surface area contributed by atoms with E-state index in [1.807, 2.05) is 34.6 Å². The first kappa shape index (κ1) is 41.2. The molecule has 3 aliphatic rings. The van der Waals surface area contributed by atoms with Gasteiger partial charge < -0.3 is 30.9 Å². The average Bonchev–Trinajstić information content (AvgIpc) is 3.31. The summed E-state index contributed by atoms with van der Waals surface area (Å²) in [6.45, 7) is 15.0. The van der Waals surface area contributed by atoms with Crippen LogP contribution in [0.3, 0.4) is 0 Å². The summed E-state index contributed by atoms with van der Waals surface area (Å²) in [5.41, 5.74) is -2.01. The molecule has 5 atom stereocenters. The number of ether oxygens (including phenoxy) is 1. The van der Waals surface area contributed by atoms with Gasteiger partial charge in [0.15, 0.2) is 9.84 Å². The van der Waals surface area contributed by atoms with Gasteiger partial charge in [0.25, 0.3) is 5.91 Å². The number of amides is 5. The lowest BCUT2D eigenvalue weighted by molar-refractivity contribution is -0.145. The van der Waals surface area contributed by atoms with E-state index in [0.717, 1.165) is 19.3 Å². The third-order valence-corrected chi connectivity index (χ3v) is 13.6. The number of urea groups is 1. The molecule has 3 fully saturated rings. The highest BCUT2D eigenvalue weighted by Gasteiger charge is 2.70. The minimum Gasteiger partial charge on any atom is -0.383 e.